The van der Waals surface area contributed by atoms with E-state index in [4.69, 9.17) is 9.47 Å². The highest BCUT2D eigenvalue weighted by Crippen LogP contribution is 2.41. The van der Waals surface area contributed by atoms with Gasteiger partial charge in [0.1, 0.15) is 0 Å². The van der Waals surface area contributed by atoms with Crippen LogP contribution < -0.4 is 9.80 Å². The van der Waals surface area contributed by atoms with Crippen molar-refractivity contribution in [3.8, 4) is 20.9 Å². The van der Waals surface area contributed by atoms with Gasteiger partial charge in [0.2, 0.25) is 0 Å². The molecule has 0 fully saturated rings. The fraction of sp³-hybridized carbons (Fsp3) is 0.171. The van der Waals surface area contributed by atoms with E-state index in [0.717, 1.165) is 102 Å². The van der Waals surface area contributed by atoms with Gasteiger partial charge >= 0.3 is 0 Å². The molecule has 0 aliphatic carbocycles. The Morgan fingerprint density at radius 2 is 0.653 bits per heavy atom. The van der Waals surface area contributed by atoms with Crippen LogP contribution in [0.1, 0.15) is 77.6 Å². The summed E-state index contributed by atoms with van der Waals surface area (Å²) in [4.78, 5) is 7.18. The third kappa shape index (κ3) is 14.5. The quantitative estimate of drug-likeness (QED) is 0.0445. The van der Waals surface area contributed by atoms with Gasteiger partial charge in [0.05, 0.1) is 19.8 Å². The van der Waals surface area contributed by atoms with E-state index in [1.807, 2.05) is 23.5 Å². The number of aryl methyl sites for hydroxylation is 3. The first-order chi connectivity index (χ1) is 37.0. The van der Waals surface area contributed by atoms with Gasteiger partial charge in [-0.3, -0.25) is 0 Å². The van der Waals surface area contributed by atoms with Gasteiger partial charge in [-0.25, -0.2) is 0 Å². The molecular formula is C70H70N2O2S. The van der Waals surface area contributed by atoms with Crippen molar-refractivity contribution < 1.29 is 9.47 Å². The van der Waals surface area contributed by atoms with Gasteiger partial charge in [0.25, 0.3) is 0 Å². The Morgan fingerprint density at radius 3 is 0.987 bits per heavy atom. The zero-order valence-corrected chi connectivity index (χ0v) is 44.6. The number of rotatable bonds is 24. The highest BCUT2D eigenvalue weighted by molar-refractivity contribution is 7.18. The lowest BCUT2D eigenvalue weighted by Gasteiger charge is -2.26. The van der Waals surface area contributed by atoms with E-state index >= 15 is 0 Å². The number of hydrogen-bond acceptors (Lipinski definition) is 5. The molecule has 0 unspecified atom stereocenters. The molecule has 0 saturated carbocycles. The zero-order chi connectivity index (χ0) is 52.2. The van der Waals surface area contributed by atoms with Crippen LogP contribution >= 0.6 is 11.3 Å². The van der Waals surface area contributed by atoms with Crippen LogP contribution in [-0.2, 0) is 48.6 Å². The van der Waals surface area contributed by atoms with Gasteiger partial charge < -0.3 is 19.3 Å². The molecule has 9 aromatic rings. The number of nitrogens with zero attached hydrogens (tertiary/aromatic N) is 2. The lowest BCUT2D eigenvalue weighted by Crippen LogP contribution is -2.10. The van der Waals surface area contributed by atoms with E-state index in [2.05, 4.69) is 256 Å². The monoisotopic (exact) mass is 1000 g/mol. The molecule has 0 amide bonds. The molecule has 0 radical (unpaired) electrons. The van der Waals surface area contributed by atoms with Crippen molar-refractivity contribution >= 4 is 57.6 Å². The SMILES string of the molecule is C=C.C=Cc1ccc(COCCCc2ccc(N(c3ccc(CCC)cc3)c3ccc(-c4ccc(-c5ccc(N(c6ccc(CCC)cc6)c6ccc(COCc7ccc(C=C)cc7)cc6)cc5)s4)cc3)cc2)cc1. The smallest absolute Gasteiger partial charge is 0.0721 e. The molecule has 0 spiro atoms. The Balaban J connectivity index is 0.00000369. The van der Waals surface area contributed by atoms with Crippen molar-refractivity contribution in [2.24, 2.45) is 0 Å². The maximum absolute atomic E-state index is 6.11. The highest BCUT2D eigenvalue weighted by atomic mass is 32.1. The molecule has 4 nitrogen and oxygen atoms in total. The summed E-state index contributed by atoms with van der Waals surface area (Å²) in [6, 6.07) is 75.1. The Kier molecular flexibility index (Phi) is 19.6. The molecule has 0 bridgehead atoms. The number of thiophene rings is 1. The minimum atomic E-state index is 0.545. The van der Waals surface area contributed by atoms with E-state index in [1.54, 1.807) is 0 Å². The summed E-state index contributed by atoms with van der Waals surface area (Å²) in [7, 11) is 0. The lowest BCUT2D eigenvalue weighted by atomic mass is 10.1. The first-order valence-electron chi connectivity index (χ1n) is 26.3. The Morgan fingerprint density at radius 1 is 0.360 bits per heavy atom. The third-order valence-corrected chi connectivity index (χ3v) is 14.5. The molecule has 0 aliphatic rings. The van der Waals surface area contributed by atoms with Crippen LogP contribution in [0.25, 0.3) is 33.0 Å². The Bertz CT molecular complexity index is 3140. The van der Waals surface area contributed by atoms with Crippen molar-refractivity contribution in [2.75, 3.05) is 16.4 Å². The van der Waals surface area contributed by atoms with Gasteiger partial charge in [0.15, 0.2) is 0 Å². The minimum absolute atomic E-state index is 0.545. The summed E-state index contributed by atoms with van der Waals surface area (Å²) < 4.78 is 12.1. The molecule has 0 atom stereocenters. The predicted molar refractivity (Wildman–Crippen MR) is 323 cm³/mol. The second-order valence-electron chi connectivity index (χ2n) is 18.6. The summed E-state index contributed by atoms with van der Waals surface area (Å²) in [6.45, 7) is 20.6. The maximum atomic E-state index is 6.11. The predicted octanol–water partition coefficient (Wildman–Crippen LogP) is 19.9. The van der Waals surface area contributed by atoms with Crippen molar-refractivity contribution in [3.05, 3.63) is 277 Å². The molecule has 0 aliphatic heterocycles. The summed E-state index contributed by atoms with van der Waals surface area (Å²) in [5.74, 6) is 0. The van der Waals surface area contributed by atoms with Crippen molar-refractivity contribution in [3.63, 3.8) is 0 Å². The number of anilines is 6. The number of benzene rings is 8. The first kappa shape index (κ1) is 53.5. The van der Waals surface area contributed by atoms with Crippen LogP contribution in [0.3, 0.4) is 0 Å². The van der Waals surface area contributed by atoms with Crippen LogP contribution in [0.15, 0.2) is 233 Å². The number of ether oxygens (including phenoxy) is 2. The van der Waals surface area contributed by atoms with Crippen molar-refractivity contribution in [2.45, 2.75) is 72.2 Å². The summed E-state index contributed by atoms with van der Waals surface area (Å²) in [6.07, 6.45) is 10.1. The third-order valence-electron chi connectivity index (χ3n) is 13.3. The molecule has 8 aromatic carbocycles. The fourth-order valence-corrected chi connectivity index (χ4v) is 10.2. The van der Waals surface area contributed by atoms with E-state index in [1.165, 1.54) is 43.1 Å². The average Bonchev–Trinajstić information content (AvgIpc) is 3.97. The molecule has 9 rings (SSSR count). The van der Waals surface area contributed by atoms with Crippen LogP contribution in [0, 0.1) is 0 Å². The molecule has 5 heteroatoms. The van der Waals surface area contributed by atoms with Crippen molar-refractivity contribution in [1.29, 1.82) is 0 Å². The van der Waals surface area contributed by atoms with Gasteiger partial charge in [-0.1, -0.05) is 173 Å². The van der Waals surface area contributed by atoms with Crippen LogP contribution in [-0.4, -0.2) is 6.61 Å². The number of hydrogen-bond donors (Lipinski definition) is 0. The average molecular weight is 1000 g/mol. The lowest BCUT2D eigenvalue weighted by molar-refractivity contribution is 0.107. The van der Waals surface area contributed by atoms with Gasteiger partial charge in [0, 0.05) is 50.5 Å². The Labute approximate surface area is 451 Å². The van der Waals surface area contributed by atoms with Gasteiger partial charge in [-0.15, -0.1) is 24.5 Å². The summed E-state index contributed by atoms with van der Waals surface area (Å²) >= 11 is 1.83. The van der Waals surface area contributed by atoms with Crippen LogP contribution in [0.4, 0.5) is 34.1 Å². The normalized spacial score (nSPS) is 10.9. The fourth-order valence-electron chi connectivity index (χ4n) is 9.20. The molecule has 1 heterocycles. The molecule has 75 heavy (non-hydrogen) atoms. The molecule has 1 aromatic heterocycles. The van der Waals surface area contributed by atoms with E-state index in [0.29, 0.717) is 19.8 Å². The molecule has 0 N–H and O–H groups in total. The zero-order valence-electron chi connectivity index (χ0n) is 43.8. The summed E-state index contributed by atoms with van der Waals surface area (Å²) in [5.41, 5.74) is 18.9. The Hall–Kier alpha value is -7.80. The topological polar surface area (TPSA) is 24.9 Å². The largest absolute Gasteiger partial charge is 0.377 e. The van der Waals surface area contributed by atoms with Crippen LogP contribution in [0.5, 0.6) is 0 Å². The van der Waals surface area contributed by atoms with Crippen molar-refractivity contribution in [1.82, 2.24) is 0 Å². The second-order valence-corrected chi connectivity index (χ2v) is 19.7. The van der Waals surface area contributed by atoms with E-state index in [9.17, 15) is 0 Å². The highest BCUT2D eigenvalue weighted by Gasteiger charge is 2.16. The summed E-state index contributed by atoms with van der Waals surface area (Å²) in [5, 5.41) is 0. The second kappa shape index (κ2) is 27.5. The first-order valence-corrected chi connectivity index (χ1v) is 27.1. The molecule has 0 saturated heterocycles. The van der Waals surface area contributed by atoms with E-state index < -0.39 is 0 Å². The van der Waals surface area contributed by atoms with Gasteiger partial charge in [-0.2, -0.15) is 0 Å². The molecule has 378 valence electrons. The molecular weight excluding hydrogens is 933 g/mol. The van der Waals surface area contributed by atoms with E-state index in [-0.39, 0.29) is 0 Å². The van der Waals surface area contributed by atoms with Gasteiger partial charge in [-0.05, 0) is 166 Å². The minimum Gasteiger partial charge on any atom is -0.377 e. The maximum Gasteiger partial charge on any atom is 0.0721 e. The standard InChI is InChI=1S/C68H66N2O2S.C2H4/c1-5-10-53-21-33-61(34-22-53)69(63-37-25-55(26-38-63)12-9-47-71-48-56-17-13-51(7-3)14-18-56)65-41-29-59(30-42-65)67-45-46-68(73-67)60-31-43-66(44-32-60)70(62-35-23-54(11-6-2)24-36-62)64-39-27-58(28-40-64)50-72-49-57-19-15-52(8-4)16-20-57;1-2/h7-8,13-46H,3-6,9-12,47-50H2,1-2H3;1-2H2. The van der Waals surface area contributed by atoms with Crippen LogP contribution in [0.2, 0.25) is 0 Å².